The second kappa shape index (κ2) is 9.54. The van der Waals surface area contributed by atoms with Gasteiger partial charge in [-0.2, -0.15) is 0 Å². The van der Waals surface area contributed by atoms with Gasteiger partial charge in [-0.05, 0) is 12.8 Å². The van der Waals surface area contributed by atoms with Gasteiger partial charge in [0.05, 0.1) is 0 Å². The van der Waals surface area contributed by atoms with Crippen LogP contribution in [0.15, 0.2) is 12.3 Å². The highest BCUT2D eigenvalue weighted by Gasteiger charge is 1.87. The lowest BCUT2D eigenvalue weighted by Crippen LogP contribution is -1.77. The summed E-state index contributed by atoms with van der Waals surface area (Å²) in [6, 6.07) is 0. The molecular formula is C10H20N. The molecule has 0 aromatic carbocycles. The van der Waals surface area contributed by atoms with Gasteiger partial charge in [-0.15, -0.1) is 0 Å². The third-order valence-corrected chi connectivity index (χ3v) is 1.84. The van der Waals surface area contributed by atoms with Gasteiger partial charge in [-0.25, -0.2) is 0 Å². The monoisotopic (exact) mass is 154 g/mol. The Morgan fingerprint density at radius 2 is 1.64 bits per heavy atom. The smallest absolute Gasteiger partial charge is 0.0137 e. The van der Waals surface area contributed by atoms with E-state index in [0.29, 0.717) is 0 Å². The molecule has 1 N–H and O–H groups in total. The second-order valence-electron chi connectivity index (χ2n) is 2.96. The average Bonchev–Trinajstić information content (AvgIpc) is 2.03. The zero-order chi connectivity index (χ0) is 8.36. The molecule has 1 radical (unpaired) electrons. The van der Waals surface area contributed by atoms with Crippen LogP contribution in [-0.2, 0) is 0 Å². The molecule has 11 heavy (non-hydrogen) atoms. The number of hydrogen-bond donors (Lipinski definition) is 0. The minimum absolute atomic E-state index is 1.09. The molecule has 1 heteroatoms. The van der Waals surface area contributed by atoms with E-state index in [2.05, 4.69) is 6.92 Å². The molecule has 65 valence electrons. The van der Waals surface area contributed by atoms with Gasteiger partial charge >= 0.3 is 0 Å². The maximum atomic E-state index is 6.77. The van der Waals surface area contributed by atoms with Crippen molar-refractivity contribution < 1.29 is 0 Å². The Morgan fingerprint density at radius 3 is 2.27 bits per heavy atom. The van der Waals surface area contributed by atoms with Gasteiger partial charge in [0.1, 0.15) is 0 Å². The molecule has 0 unspecified atom stereocenters. The number of allylic oxidation sites excluding steroid dienone is 1. The van der Waals surface area contributed by atoms with Crippen LogP contribution < -0.4 is 5.73 Å². The van der Waals surface area contributed by atoms with Crippen molar-refractivity contribution in [2.45, 2.75) is 51.9 Å². The first-order valence-electron chi connectivity index (χ1n) is 4.74. The summed E-state index contributed by atoms with van der Waals surface area (Å²) in [5.74, 6) is 0. The fraction of sp³-hybridized carbons (Fsp3) is 0.800. The fourth-order valence-electron chi connectivity index (χ4n) is 1.13. The van der Waals surface area contributed by atoms with E-state index in [-0.39, 0.29) is 0 Å². The molecule has 0 bridgehead atoms. The predicted octanol–water partition coefficient (Wildman–Crippen LogP) is 3.53. The Kier molecular flexibility index (Phi) is 9.14. The van der Waals surface area contributed by atoms with Crippen molar-refractivity contribution in [3.8, 4) is 0 Å². The first-order valence-corrected chi connectivity index (χ1v) is 4.74. The lowest BCUT2D eigenvalue weighted by molar-refractivity contribution is 0.611. The summed E-state index contributed by atoms with van der Waals surface area (Å²) in [6.07, 6.45) is 12.5. The van der Waals surface area contributed by atoms with E-state index in [1.54, 1.807) is 0 Å². The quantitative estimate of drug-likeness (QED) is 0.501. The maximum Gasteiger partial charge on any atom is 0.0137 e. The molecule has 0 saturated carbocycles. The summed E-state index contributed by atoms with van der Waals surface area (Å²) in [5.41, 5.74) is 6.77. The molecule has 0 saturated heterocycles. The van der Waals surface area contributed by atoms with Gasteiger partial charge in [-0.3, -0.25) is 0 Å². The van der Waals surface area contributed by atoms with Crippen LogP contribution in [0.5, 0.6) is 0 Å². The van der Waals surface area contributed by atoms with E-state index in [9.17, 15) is 0 Å². The predicted molar refractivity (Wildman–Crippen MR) is 50.2 cm³/mol. The van der Waals surface area contributed by atoms with E-state index in [1.807, 2.05) is 6.08 Å². The first kappa shape index (κ1) is 10.5. The summed E-state index contributed by atoms with van der Waals surface area (Å²) in [5, 5.41) is 0. The zero-order valence-electron chi connectivity index (χ0n) is 7.60. The minimum atomic E-state index is 1.09. The number of hydrogen-bond acceptors (Lipinski definition) is 0. The van der Waals surface area contributed by atoms with Gasteiger partial charge in [-0.1, -0.05) is 45.1 Å². The molecule has 0 atom stereocenters. The Balaban J connectivity index is 2.79. The molecule has 0 spiro atoms. The Bertz CT molecular complexity index is 86.9. The summed E-state index contributed by atoms with van der Waals surface area (Å²) < 4.78 is 0. The van der Waals surface area contributed by atoms with Crippen LogP contribution in [0.1, 0.15) is 51.9 Å². The maximum absolute atomic E-state index is 6.77. The van der Waals surface area contributed by atoms with Gasteiger partial charge in [0, 0.05) is 6.20 Å². The van der Waals surface area contributed by atoms with Crippen LogP contribution >= 0.6 is 0 Å². The van der Waals surface area contributed by atoms with Crippen LogP contribution in [-0.4, -0.2) is 0 Å². The average molecular weight is 154 g/mol. The lowest BCUT2D eigenvalue weighted by Gasteiger charge is -1.96. The van der Waals surface area contributed by atoms with E-state index >= 15 is 0 Å². The lowest BCUT2D eigenvalue weighted by atomic mass is 10.1. The molecule has 0 aromatic rings. The number of unbranched alkanes of at least 4 members (excludes halogenated alkanes) is 6. The molecule has 0 fully saturated rings. The topological polar surface area (TPSA) is 23.8 Å². The van der Waals surface area contributed by atoms with Crippen LogP contribution in [0, 0.1) is 0 Å². The summed E-state index contributed by atoms with van der Waals surface area (Å²) in [4.78, 5) is 0. The molecule has 0 aromatic heterocycles. The van der Waals surface area contributed by atoms with Gasteiger partial charge in [0.2, 0.25) is 0 Å². The third-order valence-electron chi connectivity index (χ3n) is 1.84. The highest BCUT2D eigenvalue weighted by Crippen LogP contribution is 2.06. The largest absolute Gasteiger partial charge is 0.309 e. The van der Waals surface area contributed by atoms with E-state index in [0.717, 1.165) is 6.42 Å². The molecule has 0 aliphatic heterocycles. The van der Waals surface area contributed by atoms with Gasteiger partial charge in [0.15, 0.2) is 0 Å². The van der Waals surface area contributed by atoms with Crippen LogP contribution in [0.4, 0.5) is 0 Å². The Labute approximate surface area is 70.7 Å². The molecule has 0 aliphatic carbocycles. The highest BCUT2D eigenvalue weighted by molar-refractivity contribution is 4.74. The van der Waals surface area contributed by atoms with E-state index in [4.69, 9.17) is 5.73 Å². The third kappa shape index (κ3) is 9.54. The molecule has 1 nitrogen and oxygen atoms in total. The molecule has 0 amide bonds. The standard InChI is InChI=1S/C10H20N/c1-2-3-4-5-6-7-8-9-10-11/h9-11H,2-8H2,1H3/b10-9+. The van der Waals surface area contributed by atoms with Gasteiger partial charge in [0.25, 0.3) is 0 Å². The number of nitrogens with one attached hydrogen (secondary N) is 1. The van der Waals surface area contributed by atoms with Crippen LogP contribution in [0.25, 0.3) is 0 Å². The Morgan fingerprint density at radius 1 is 1.00 bits per heavy atom. The molecular weight excluding hydrogens is 134 g/mol. The molecule has 0 heterocycles. The zero-order valence-corrected chi connectivity index (χ0v) is 7.60. The van der Waals surface area contributed by atoms with Crippen LogP contribution in [0.3, 0.4) is 0 Å². The summed E-state index contributed by atoms with van der Waals surface area (Å²) in [7, 11) is 0. The Hall–Kier alpha value is -0.460. The van der Waals surface area contributed by atoms with Crippen LogP contribution in [0.2, 0.25) is 0 Å². The van der Waals surface area contributed by atoms with Crippen molar-refractivity contribution >= 4 is 0 Å². The normalized spacial score (nSPS) is 11.0. The number of rotatable bonds is 7. The summed E-state index contributed by atoms with van der Waals surface area (Å²) >= 11 is 0. The van der Waals surface area contributed by atoms with E-state index in [1.165, 1.54) is 44.7 Å². The van der Waals surface area contributed by atoms with E-state index < -0.39 is 0 Å². The SMILES string of the molecule is CCCCCCCC/C=C/[NH]. The van der Waals surface area contributed by atoms with Crippen molar-refractivity contribution in [1.29, 1.82) is 0 Å². The first-order chi connectivity index (χ1) is 5.41. The van der Waals surface area contributed by atoms with Crippen molar-refractivity contribution in [1.82, 2.24) is 5.73 Å². The van der Waals surface area contributed by atoms with Gasteiger partial charge < -0.3 is 5.73 Å². The minimum Gasteiger partial charge on any atom is -0.309 e. The fourth-order valence-corrected chi connectivity index (χ4v) is 1.13. The van der Waals surface area contributed by atoms with Crippen molar-refractivity contribution in [3.05, 3.63) is 12.3 Å². The highest BCUT2D eigenvalue weighted by atomic mass is 14.5. The van der Waals surface area contributed by atoms with Crippen molar-refractivity contribution in [2.24, 2.45) is 0 Å². The molecule has 0 rings (SSSR count). The van der Waals surface area contributed by atoms with Crippen molar-refractivity contribution in [3.63, 3.8) is 0 Å². The summed E-state index contributed by atoms with van der Waals surface area (Å²) in [6.45, 7) is 2.24. The van der Waals surface area contributed by atoms with Crippen molar-refractivity contribution in [2.75, 3.05) is 0 Å². The second-order valence-corrected chi connectivity index (χ2v) is 2.96. The molecule has 0 aliphatic rings.